The topological polar surface area (TPSA) is 38.9 Å². The highest BCUT2D eigenvalue weighted by Gasteiger charge is 2.45. The summed E-state index contributed by atoms with van der Waals surface area (Å²) in [6.45, 7) is 0. The molecule has 3 heteroatoms. The van der Waals surface area contributed by atoms with Crippen LogP contribution >= 0.6 is 0 Å². The summed E-state index contributed by atoms with van der Waals surface area (Å²) in [6, 6.07) is 82.3. The minimum absolute atomic E-state index is 0.473. The van der Waals surface area contributed by atoms with Crippen LogP contribution in [-0.2, 0) is 5.41 Å². The summed E-state index contributed by atoms with van der Waals surface area (Å²) in [5.41, 5.74) is 18.1. The molecule has 9 aromatic carbocycles. The molecule has 0 saturated heterocycles. The number of benzene rings is 9. The largest absolute Gasteiger partial charge is 0.456 e. The van der Waals surface area contributed by atoms with Gasteiger partial charge in [0, 0.05) is 27.5 Å². The van der Waals surface area contributed by atoms with Crippen LogP contribution in [0.5, 0.6) is 0 Å². The Morgan fingerprint density at radius 2 is 0.806 bits per heavy atom. The molecule has 3 nitrogen and oxygen atoms in total. The number of hydrogen-bond donors (Lipinski definition) is 0. The second kappa shape index (κ2) is 14.5. The van der Waals surface area contributed by atoms with Gasteiger partial charge in [0.05, 0.1) is 16.8 Å². The van der Waals surface area contributed by atoms with E-state index in [1.807, 2.05) is 30.3 Å². The molecule has 0 fully saturated rings. The number of para-hydroxylation sites is 1. The van der Waals surface area contributed by atoms with Crippen molar-refractivity contribution in [3.8, 4) is 67.3 Å². The van der Waals surface area contributed by atoms with Gasteiger partial charge in [-0.05, 0) is 98.1 Å². The molecule has 12 rings (SSSR count). The van der Waals surface area contributed by atoms with E-state index in [4.69, 9.17) is 14.4 Å². The fourth-order valence-electron chi connectivity index (χ4n) is 9.71. The monoisotopic (exact) mass is 790 g/mol. The molecule has 11 aromatic rings. The van der Waals surface area contributed by atoms with Crippen molar-refractivity contribution >= 4 is 21.9 Å². The van der Waals surface area contributed by atoms with E-state index in [-0.39, 0.29) is 0 Å². The third-order valence-corrected chi connectivity index (χ3v) is 12.6. The standard InChI is InChI=1S/C59H38N2O/c1-4-16-39(17-5-1)43-34-44(42-30-33-57-51(37-42)50-24-12-15-27-56(50)62-57)36-45(35-43)55-38-54(60-58(61-55)41-18-6-2-7-19-41)40-28-31-47(32-29-40)59(46-20-8-3-9-21-46)52-25-13-10-22-48(52)49-23-11-14-26-53(49)59/h1-38H. The molecule has 0 saturated carbocycles. The summed E-state index contributed by atoms with van der Waals surface area (Å²) in [5.74, 6) is 0.680. The number of aromatic nitrogens is 2. The van der Waals surface area contributed by atoms with Crippen molar-refractivity contribution in [3.05, 3.63) is 253 Å². The van der Waals surface area contributed by atoms with Gasteiger partial charge >= 0.3 is 0 Å². The van der Waals surface area contributed by atoms with Gasteiger partial charge in [-0.2, -0.15) is 0 Å². The number of furan rings is 1. The zero-order valence-electron chi connectivity index (χ0n) is 33.7. The summed E-state index contributed by atoms with van der Waals surface area (Å²) in [5, 5.41) is 2.21. The van der Waals surface area contributed by atoms with Crippen molar-refractivity contribution in [1.82, 2.24) is 9.97 Å². The van der Waals surface area contributed by atoms with Gasteiger partial charge in [0.2, 0.25) is 0 Å². The van der Waals surface area contributed by atoms with Crippen LogP contribution in [-0.4, -0.2) is 9.97 Å². The zero-order valence-corrected chi connectivity index (χ0v) is 33.7. The van der Waals surface area contributed by atoms with E-state index >= 15 is 0 Å². The highest BCUT2D eigenvalue weighted by atomic mass is 16.3. The lowest BCUT2D eigenvalue weighted by Crippen LogP contribution is -2.28. The number of hydrogen-bond acceptors (Lipinski definition) is 3. The Morgan fingerprint density at radius 3 is 1.50 bits per heavy atom. The lowest BCUT2D eigenvalue weighted by molar-refractivity contribution is 0.669. The highest BCUT2D eigenvalue weighted by molar-refractivity contribution is 6.06. The molecule has 0 atom stereocenters. The number of rotatable bonds is 7. The van der Waals surface area contributed by atoms with E-state index in [1.54, 1.807) is 0 Å². The van der Waals surface area contributed by atoms with Gasteiger partial charge in [-0.25, -0.2) is 9.97 Å². The van der Waals surface area contributed by atoms with Gasteiger partial charge in [0.1, 0.15) is 11.2 Å². The minimum atomic E-state index is -0.473. The fourth-order valence-corrected chi connectivity index (χ4v) is 9.71. The predicted molar refractivity (Wildman–Crippen MR) is 254 cm³/mol. The Labute approximate surface area is 360 Å². The molecule has 0 aliphatic heterocycles. The van der Waals surface area contributed by atoms with Crippen molar-refractivity contribution in [2.24, 2.45) is 0 Å². The molecule has 1 aliphatic carbocycles. The quantitative estimate of drug-likeness (QED) is 0.161. The van der Waals surface area contributed by atoms with Gasteiger partial charge in [0.15, 0.2) is 5.82 Å². The van der Waals surface area contributed by atoms with E-state index in [9.17, 15) is 0 Å². The maximum atomic E-state index is 6.22. The van der Waals surface area contributed by atoms with Crippen LogP contribution in [0, 0.1) is 0 Å². The van der Waals surface area contributed by atoms with Crippen molar-refractivity contribution in [2.45, 2.75) is 5.41 Å². The van der Waals surface area contributed by atoms with Crippen molar-refractivity contribution in [3.63, 3.8) is 0 Å². The lowest BCUT2D eigenvalue weighted by Gasteiger charge is -2.34. The van der Waals surface area contributed by atoms with Gasteiger partial charge in [0.25, 0.3) is 0 Å². The van der Waals surface area contributed by atoms with E-state index in [2.05, 4.69) is 200 Å². The predicted octanol–water partition coefficient (Wildman–Crippen LogP) is 15.1. The second-order valence-electron chi connectivity index (χ2n) is 16.1. The first-order chi connectivity index (χ1) is 30.7. The molecule has 0 N–H and O–H groups in total. The molecule has 2 aromatic heterocycles. The molecule has 0 spiro atoms. The van der Waals surface area contributed by atoms with Crippen LogP contribution in [0.1, 0.15) is 22.3 Å². The van der Waals surface area contributed by atoms with E-state index in [0.29, 0.717) is 5.82 Å². The maximum Gasteiger partial charge on any atom is 0.160 e. The highest BCUT2D eigenvalue weighted by Crippen LogP contribution is 2.56. The van der Waals surface area contributed by atoms with Crippen molar-refractivity contribution < 1.29 is 4.42 Å². The normalized spacial score (nSPS) is 12.6. The first-order valence-electron chi connectivity index (χ1n) is 21.1. The second-order valence-corrected chi connectivity index (χ2v) is 16.1. The number of fused-ring (bicyclic) bond motifs is 6. The summed E-state index contributed by atoms with van der Waals surface area (Å²) < 4.78 is 6.22. The van der Waals surface area contributed by atoms with Crippen LogP contribution in [0.2, 0.25) is 0 Å². The molecule has 1 aliphatic rings. The SMILES string of the molecule is c1ccc(-c2cc(-c3ccc4oc5ccccc5c4c3)cc(-c3cc(-c4ccc(C5(c6ccccc6)c6ccccc6-c6ccccc65)cc4)nc(-c4ccccc4)n3)c2)cc1. The lowest BCUT2D eigenvalue weighted by atomic mass is 9.67. The van der Waals surface area contributed by atoms with Gasteiger partial charge in [-0.15, -0.1) is 0 Å². The zero-order chi connectivity index (χ0) is 41.0. The van der Waals surface area contributed by atoms with Crippen LogP contribution < -0.4 is 0 Å². The Morgan fingerprint density at radius 1 is 0.306 bits per heavy atom. The molecular weight excluding hydrogens is 753 g/mol. The molecule has 290 valence electrons. The summed E-state index contributed by atoms with van der Waals surface area (Å²) in [4.78, 5) is 10.6. The fraction of sp³-hybridized carbons (Fsp3) is 0.0169. The van der Waals surface area contributed by atoms with Crippen LogP contribution in [0.4, 0.5) is 0 Å². The van der Waals surface area contributed by atoms with Crippen LogP contribution in [0.25, 0.3) is 89.2 Å². The molecular formula is C59H38N2O. The van der Waals surface area contributed by atoms with E-state index in [1.165, 1.54) is 33.4 Å². The van der Waals surface area contributed by atoms with Crippen molar-refractivity contribution in [2.75, 3.05) is 0 Å². The molecule has 0 unspecified atom stereocenters. The van der Waals surface area contributed by atoms with Crippen LogP contribution in [0.15, 0.2) is 235 Å². The average Bonchev–Trinajstić information content (AvgIpc) is 3.88. The molecule has 2 heterocycles. The van der Waals surface area contributed by atoms with Crippen molar-refractivity contribution in [1.29, 1.82) is 0 Å². The Balaban J connectivity index is 1.03. The minimum Gasteiger partial charge on any atom is -0.456 e. The summed E-state index contributed by atoms with van der Waals surface area (Å²) in [7, 11) is 0. The van der Waals surface area contributed by atoms with E-state index in [0.717, 1.165) is 72.3 Å². The van der Waals surface area contributed by atoms with Gasteiger partial charge in [-0.1, -0.05) is 188 Å². The molecule has 0 bridgehead atoms. The Bertz CT molecular complexity index is 3400. The maximum absolute atomic E-state index is 6.22. The third-order valence-electron chi connectivity index (χ3n) is 12.6. The Hall–Kier alpha value is -8.14. The van der Waals surface area contributed by atoms with Gasteiger partial charge in [-0.3, -0.25) is 0 Å². The smallest absolute Gasteiger partial charge is 0.160 e. The summed E-state index contributed by atoms with van der Waals surface area (Å²) >= 11 is 0. The summed E-state index contributed by atoms with van der Waals surface area (Å²) in [6.07, 6.45) is 0. The molecule has 62 heavy (non-hydrogen) atoms. The average molecular weight is 791 g/mol. The molecule has 0 radical (unpaired) electrons. The third kappa shape index (κ3) is 5.82. The number of nitrogens with zero attached hydrogens (tertiary/aromatic N) is 2. The van der Waals surface area contributed by atoms with Gasteiger partial charge < -0.3 is 4.42 Å². The first kappa shape index (κ1) is 35.8. The molecule has 0 amide bonds. The van der Waals surface area contributed by atoms with Crippen LogP contribution in [0.3, 0.4) is 0 Å². The first-order valence-corrected chi connectivity index (χ1v) is 21.1. The van der Waals surface area contributed by atoms with E-state index < -0.39 is 5.41 Å². The Kier molecular flexibility index (Phi) is 8.39.